The van der Waals surface area contributed by atoms with Crippen LogP contribution in [0.4, 0.5) is 29.2 Å². The SMILES string of the molecule is CC(C)n1nc(-c2ccc(CC(=O)Nc3cc(C(C)(C)C(F)(F)F)on3)c(F)c2)c(C(N)=O)c1N. The summed E-state index contributed by atoms with van der Waals surface area (Å²) in [6.07, 6.45) is -5.04. The van der Waals surface area contributed by atoms with Gasteiger partial charge in [0.2, 0.25) is 5.91 Å². The van der Waals surface area contributed by atoms with Gasteiger partial charge >= 0.3 is 6.18 Å². The van der Waals surface area contributed by atoms with Gasteiger partial charge in [-0.2, -0.15) is 18.3 Å². The lowest BCUT2D eigenvalue weighted by molar-refractivity contribution is -0.185. The minimum absolute atomic E-state index is 0.0116. The number of primary amides is 1. The first-order valence-electron chi connectivity index (χ1n) is 10.4. The van der Waals surface area contributed by atoms with E-state index in [1.165, 1.54) is 16.8 Å². The Bertz CT molecular complexity index is 1280. The van der Waals surface area contributed by atoms with Crippen molar-refractivity contribution in [2.75, 3.05) is 11.1 Å². The molecule has 35 heavy (non-hydrogen) atoms. The predicted octanol–water partition coefficient (Wildman–Crippen LogP) is 3.96. The molecule has 3 rings (SSSR count). The van der Waals surface area contributed by atoms with E-state index in [-0.39, 0.29) is 40.1 Å². The van der Waals surface area contributed by atoms with E-state index in [1.807, 2.05) is 0 Å². The molecule has 13 heteroatoms. The van der Waals surface area contributed by atoms with E-state index in [1.54, 1.807) is 13.8 Å². The predicted molar refractivity (Wildman–Crippen MR) is 119 cm³/mol. The molecule has 0 spiro atoms. The summed E-state index contributed by atoms with van der Waals surface area (Å²) in [7, 11) is 0. The van der Waals surface area contributed by atoms with Crippen molar-refractivity contribution < 1.29 is 31.7 Å². The van der Waals surface area contributed by atoms with Gasteiger partial charge in [-0.3, -0.25) is 9.59 Å². The fraction of sp³-hybridized carbons (Fsp3) is 0.364. The summed E-state index contributed by atoms with van der Waals surface area (Å²) in [4.78, 5) is 24.2. The smallest absolute Gasteiger partial charge is 0.383 e. The molecule has 188 valence electrons. The highest BCUT2D eigenvalue weighted by Gasteiger charge is 2.51. The van der Waals surface area contributed by atoms with Crippen molar-refractivity contribution >= 4 is 23.5 Å². The number of hydrogen-bond acceptors (Lipinski definition) is 6. The lowest BCUT2D eigenvalue weighted by Crippen LogP contribution is -2.35. The molecule has 0 aliphatic rings. The summed E-state index contributed by atoms with van der Waals surface area (Å²) < 4.78 is 60.4. The number of carbonyl (C=O) groups is 2. The Balaban J connectivity index is 1.80. The summed E-state index contributed by atoms with van der Waals surface area (Å²) in [5, 5.41) is 10.00. The highest BCUT2D eigenvalue weighted by molar-refractivity contribution is 6.03. The van der Waals surface area contributed by atoms with E-state index in [9.17, 15) is 27.2 Å². The largest absolute Gasteiger partial charge is 0.401 e. The number of carbonyl (C=O) groups excluding carboxylic acids is 2. The van der Waals surface area contributed by atoms with Gasteiger partial charge in [0.25, 0.3) is 5.91 Å². The molecule has 9 nitrogen and oxygen atoms in total. The fourth-order valence-corrected chi connectivity index (χ4v) is 3.25. The van der Waals surface area contributed by atoms with Crippen LogP contribution in [0.15, 0.2) is 28.8 Å². The number of amides is 2. The van der Waals surface area contributed by atoms with Gasteiger partial charge in [-0.15, -0.1) is 0 Å². The third-order valence-corrected chi connectivity index (χ3v) is 5.46. The molecule has 2 amide bonds. The molecule has 0 aliphatic heterocycles. The Morgan fingerprint density at radius 2 is 1.86 bits per heavy atom. The topological polar surface area (TPSA) is 142 Å². The first kappa shape index (κ1) is 25.7. The van der Waals surface area contributed by atoms with E-state index in [2.05, 4.69) is 15.6 Å². The number of nitrogens with one attached hydrogen (secondary N) is 1. The van der Waals surface area contributed by atoms with Crippen molar-refractivity contribution in [1.82, 2.24) is 14.9 Å². The Morgan fingerprint density at radius 3 is 2.40 bits per heavy atom. The molecule has 5 N–H and O–H groups in total. The first-order valence-corrected chi connectivity index (χ1v) is 10.4. The van der Waals surface area contributed by atoms with Crippen LogP contribution in [0, 0.1) is 5.82 Å². The van der Waals surface area contributed by atoms with Crippen molar-refractivity contribution in [2.45, 2.75) is 51.7 Å². The summed E-state index contributed by atoms with van der Waals surface area (Å²) in [5.74, 6) is -3.00. The van der Waals surface area contributed by atoms with E-state index < -0.39 is 41.4 Å². The van der Waals surface area contributed by atoms with Crippen LogP contribution in [0.3, 0.4) is 0 Å². The number of rotatable bonds is 7. The van der Waals surface area contributed by atoms with Gasteiger partial charge in [0.05, 0.1) is 6.42 Å². The summed E-state index contributed by atoms with van der Waals surface area (Å²) in [6.45, 7) is 5.42. The molecule has 0 unspecified atom stereocenters. The van der Waals surface area contributed by atoms with E-state index in [0.29, 0.717) is 0 Å². The third-order valence-electron chi connectivity index (χ3n) is 5.46. The van der Waals surface area contributed by atoms with Gasteiger partial charge in [0.15, 0.2) is 11.6 Å². The Kier molecular flexibility index (Phi) is 6.64. The number of alkyl halides is 3. The van der Waals surface area contributed by atoms with Crippen LogP contribution in [0.5, 0.6) is 0 Å². The van der Waals surface area contributed by atoms with Gasteiger partial charge in [-0.25, -0.2) is 9.07 Å². The number of aromatic nitrogens is 3. The summed E-state index contributed by atoms with van der Waals surface area (Å²) >= 11 is 0. The van der Waals surface area contributed by atoms with Gasteiger partial charge in [-0.1, -0.05) is 17.3 Å². The molecule has 3 aromatic rings. The van der Waals surface area contributed by atoms with Crippen molar-refractivity contribution in [3.63, 3.8) is 0 Å². The maximum Gasteiger partial charge on any atom is 0.401 e. The molecular formula is C22H24F4N6O3. The van der Waals surface area contributed by atoms with Gasteiger partial charge in [0, 0.05) is 17.7 Å². The number of anilines is 2. The summed E-state index contributed by atoms with van der Waals surface area (Å²) in [6, 6.07) is 4.63. The third kappa shape index (κ3) is 4.98. The average Bonchev–Trinajstić information content (AvgIpc) is 3.33. The van der Waals surface area contributed by atoms with E-state index in [0.717, 1.165) is 26.0 Å². The molecule has 2 aromatic heterocycles. The van der Waals surface area contributed by atoms with Gasteiger partial charge in [-0.05, 0) is 39.3 Å². The second kappa shape index (κ2) is 9.04. The molecule has 0 bridgehead atoms. The zero-order valence-electron chi connectivity index (χ0n) is 19.3. The van der Waals surface area contributed by atoms with Crippen molar-refractivity contribution in [2.24, 2.45) is 5.73 Å². The quantitative estimate of drug-likeness (QED) is 0.423. The van der Waals surface area contributed by atoms with Crippen LogP contribution >= 0.6 is 0 Å². The van der Waals surface area contributed by atoms with Crippen LogP contribution in [-0.4, -0.2) is 32.9 Å². The number of nitrogens with two attached hydrogens (primary N) is 2. The lowest BCUT2D eigenvalue weighted by atomic mass is 9.89. The maximum absolute atomic E-state index is 14.8. The lowest BCUT2D eigenvalue weighted by Gasteiger charge is -2.24. The van der Waals surface area contributed by atoms with E-state index in [4.69, 9.17) is 16.0 Å². The fourth-order valence-electron chi connectivity index (χ4n) is 3.25. The molecule has 0 aliphatic carbocycles. The molecule has 2 heterocycles. The van der Waals surface area contributed by atoms with Crippen molar-refractivity contribution in [1.29, 1.82) is 0 Å². The van der Waals surface area contributed by atoms with Crippen LogP contribution in [0.1, 0.15) is 55.4 Å². The van der Waals surface area contributed by atoms with Crippen LogP contribution in [-0.2, 0) is 16.6 Å². The van der Waals surface area contributed by atoms with Gasteiger partial charge in [0.1, 0.15) is 28.3 Å². The second-order valence-corrected chi connectivity index (χ2v) is 8.74. The Hall–Kier alpha value is -3.90. The molecule has 1 aromatic carbocycles. The number of benzene rings is 1. The van der Waals surface area contributed by atoms with Gasteiger partial charge < -0.3 is 21.3 Å². The molecule has 0 radical (unpaired) electrons. The standard InChI is InChI=1S/C22H24F4N6O3/c1-10(2)32-19(27)17(20(28)34)18(30-32)12-6-5-11(13(23)7-12)8-16(33)29-15-9-14(35-31-15)21(3,4)22(24,25)26/h5-7,9-10H,8,27H2,1-4H3,(H2,28,34)(H,29,31,33). The van der Waals surface area contributed by atoms with E-state index >= 15 is 0 Å². The van der Waals surface area contributed by atoms with Crippen molar-refractivity contribution in [3.05, 3.63) is 47.0 Å². The number of halogens is 4. The minimum Gasteiger partial charge on any atom is -0.383 e. The first-order chi connectivity index (χ1) is 16.1. The van der Waals surface area contributed by atoms with Crippen LogP contribution in [0.25, 0.3) is 11.3 Å². The normalized spacial score (nSPS) is 12.3. The molecule has 0 atom stereocenters. The molecular weight excluding hydrogens is 472 g/mol. The highest BCUT2D eigenvalue weighted by atomic mass is 19.4. The Labute approximate surface area is 197 Å². The molecule has 0 fully saturated rings. The minimum atomic E-state index is -4.59. The maximum atomic E-state index is 14.8. The van der Waals surface area contributed by atoms with Crippen LogP contribution < -0.4 is 16.8 Å². The highest BCUT2D eigenvalue weighted by Crippen LogP contribution is 2.41. The zero-order valence-corrected chi connectivity index (χ0v) is 19.3. The number of nitrogen functional groups attached to an aromatic ring is 1. The average molecular weight is 496 g/mol. The molecule has 0 saturated heterocycles. The summed E-state index contributed by atoms with van der Waals surface area (Å²) in [5.41, 5.74) is 9.35. The Morgan fingerprint density at radius 1 is 1.20 bits per heavy atom. The van der Waals surface area contributed by atoms with Crippen molar-refractivity contribution in [3.8, 4) is 11.3 Å². The second-order valence-electron chi connectivity index (χ2n) is 8.74. The monoisotopic (exact) mass is 496 g/mol. The molecule has 0 saturated carbocycles. The van der Waals surface area contributed by atoms with Crippen LogP contribution in [0.2, 0.25) is 0 Å². The zero-order chi connectivity index (χ0) is 26.3. The number of nitrogens with zero attached hydrogens (tertiary/aromatic N) is 3. The number of hydrogen-bond donors (Lipinski definition) is 3.